The van der Waals surface area contributed by atoms with Gasteiger partial charge in [0.25, 0.3) is 0 Å². The molecule has 0 amide bonds. The van der Waals surface area contributed by atoms with Gasteiger partial charge >= 0.3 is 0 Å². The van der Waals surface area contributed by atoms with Crippen LogP contribution < -0.4 is 5.73 Å². The molecule has 5 nitrogen and oxygen atoms in total. The minimum atomic E-state index is 0.115. The lowest BCUT2D eigenvalue weighted by Gasteiger charge is -2.11. The minimum Gasteiger partial charge on any atom is -0.382 e. The van der Waals surface area contributed by atoms with Crippen molar-refractivity contribution in [2.24, 2.45) is 5.73 Å². The standard InChI is InChI=1S/C15H27N3O2/c1-19-10-11-20-9-7-13(16)12-14-6-8-18(17-14)15-4-2-3-5-15/h6,8,13,15H,2-5,7,9-12,16H2,1H3. The molecule has 0 saturated heterocycles. The van der Waals surface area contributed by atoms with E-state index in [1.165, 1.54) is 25.7 Å². The Labute approximate surface area is 121 Å². The Hall–Kier alpha value is -0.910. The maximum atomic E-state index is 6.12. The Kier molecular flexibility index (Phi) is 6.50. The maximum Gasteiger partial charge on any atom is 0.0700 e. The lowest BCUT2D eigenvalue weighted by molar-refractivity contribution is 0.0672. The maximum absolute atomic E-state index is 6.12. The summed E-state index contributed by atoms with van der Waals surface area (Å²) in [4.78, 5) is 0. The van der Waals surface area contributed by atoms with E-state index < -0.39 is 0 Å². The number of rotatable bonds is 9. The summed E-state index contributed by atoms with van der Waals surface area (Å²) in [5.74, 6) is 0. The van der Waals surface area contributed by atoms with Crippen molar-refractivity contribution < 1.29 is 9.47 Å². The highest BCUT2D eigenvalue weighted by atomic mass is 16.5. The van der Waals surface area contributed by atoms with Crippen LogP contribution in [0.2, 0.25) is 0 Å². The summed E-state index contributed by atoms with van der Waals surface area (Å²) in [6, 6.07) is 2.83. The second-order valence-electron chi connectivity index (χ2n) is 5.58. The second kappa shape index (κ2) is 8.39. The topological polar surface area (TPSA) is 62.3 Å². The van der Waals surface area contributed by atoms with E-state index in [2.05, 4.69) is 22.0 Å². The third-order valence-electron chi connectivity index (χ3n) is 3.90. The van der Waals surface area contributed by atoms with Crippen molar-refractivity contribution >= 4 is 0 Å². The van der Waals surface area contributed by atoms with Gasteiger partial charge in [0.15, 0.2) is 0 Å². The molecule has 2 rings (SSSR count). The molecule has 2 N–H and O–H groups in total. The molecule has 114 valence electrons. The number of methoxy groups -OCH3 is 1. The summed E-state index contributed by atoms with van der Waals surface area (Å²) in [6.45, 7) is 1.97. The average Bonchev–Trinajstić information content (AvgIpc) is 3.08. The number of ether oxygens (including phenoxy) is 2. The lowest BCUT2D eigenvalue weighted by Crippen LogP contribution is -2.25. The third kappa shape index (κ3) is 4.89. The molecule has 1 heterocycles. The van der Waals surface area contributed by atoms with Gasteiger partial charge in [-0.3, -0.25) is 4.68 Å². The van der Waals surface area contributed by atoms with E-state index >= 15 is 0 Å². The first-order valence-electron chi connectivity index (χ1n) is 7.66. The summed E-state index contributed by atoms with van der Waals surface area (Å²) >= 11 is 0. The van der Waals surface area contributed by atoms with Crippen LogP contribution in [0.4, 0.5) is 0 Å². The van der Waals surface area contributed by atoms with Gasteiger partial charge in [0.05, 0.1) is 24.9 Å². The van der Waals surface area contributed by atoms with E-state index in [1.807, 2.05) is 0 Å². The van der Waals surface area contributed by atoms with Crippen molar-refractivity contribution in [2.75, 3.05) is 26.9 Å². The number of nitrogens with two attached hydrogens (primary N) is 1. The zero-order valence-corrected chi connectivity index (χ0v) is 12.5. The number of hydrogen-bond acceptors (Lipinski definition) is 4. The van der Waals surface area contributed by atoms with Crippen molar-refractivity contribution in [2.45, 2.75) is 50.6 Å². The Balaban J connectivity index is 1.67. The van der Waals surface area contributed by atoms with Gasteiger partial charge in [-0.2, -0.15) is 5.10 Å². The van der Waals surface area contributed by atoms with Crippen molar-refractivity contribution in [3.05, 3.63) is 18.0 Å². The fourth-order valence-electron chi connectivity index (χ4n) is 2.71. The van der Waals surface area contributed by atoms with E-state index in [0.29, 0.717) is 25.9 Å². The van der Waals surface area contributed by atoms with Crippen molar-refractivity contribution in [3.8, 4) is 0 Å². The first-order valence-corrected chi connectivity index (χ1v) is 7.66. The number of aromatic nitrogens is 2. The van der Waals surface area contributed by atoms with Gasteiger partial charge in [-0.1, -0.05) is 12.8 Å². The molecule has 1 aromatic heterocycles. The van der Waals surface area contributed by atoms with Crippen LogP contribution in [0.25, 0.3) is 0 Å². The molecule has 0 spiro atoms. The summed E-state index contributed by atoms with van der Waals surface area (Å²) in [5, 5.41) is 4.67. The van der Waals surface area contributed by atoms with Gasteiger partial charge in [0.2, 0.25) is 0 Å². The van der Waals surface area contributed by atoms with Crippen LogP contribution in [0.3, 0.4) is 0 Å². The molecular weight excluding hydrogens is 254 g/mol. The van der Waals surface area contributed by atoms with Crippen LogP contribution in [0.1, 0.15) is 43.8 Å². The van der Waals surface area contributed by atoms with Crippen LogP contribution in [0.15, 0.2) is 12.3 Å². The Morgan fingerprint density at radius 3 is 2.90 bits per heavy atom. The molecule has 1 saturated carbocycles. The molecule has 0 aliphatic heterocycles. The zero-order chi connectivity index (χ0) is 14.2. The van der Waals surface area contributed by atoms with Crippen molar-refractivity contribution in [1.82, 2.24) is 9.78 Å². The Morgan fingerprint density at radius 1 is 1.35 bits per heavy atom. The van der Waals surface area contributed by atoms with Gasteiger partial charge in [0, 0.05) is 32.4 Å². The number of nitrogens with zero attached hydrogens (tertiary/aromatic N) is 2. The lowest BCUT2D eigenvalue weighted by atomic mass is 10.1. The molecule has 5 heteroatoms. The molecular formula is C15H27N3O2. The molecule has 1 fully saturated rings. The molecule has 0 bridgehead atoms. The summed E-state index contributed by atoms with van der Waals surface area (Å²) < 4.78 is 12.5. The summed E-state index contributed by atoms with van der Waals surface area (Å²) in [5.41, 5.74) is 7.22. The molecule has 1 unspecified atom stereocenters. The van der Waals surface area contributed by atoms with Crippen LogP contribution >= 0.6 is 0 Å². The van der Waals surface area contributed by atoms with E-state index in [1.54, 1.807) is 7.11 Å². The van der Waals surface area contributed by atoms with Crippen LogP contribution in [0.5, 0.6) is 0 Å². The van der Waals surface area contributed by atoms with Crippen LogP contribution in [-0.2, 0) is 15.9 Å². The second-order valence-corrected chi connectivity index (χ2v) is 5.58. The highest BCUT2D eigenvalue weighted by Crippen LogP contribution is 2.28. The highest BCUT2D eigenvalue weighted by Gasteiger charge is 2.17. The molecule has 1 aliphatic carbocycles. The molecule has 20 heavy (non-hydrogen) atoms. The van der Waals surface area contributed by atoms with Gasteiger partial charge < -0.3 is 15.2 Å². The molecule has 1 aliphatic rings. The first kappa shape index (κ1) is 15.5. The first-order chi connectivity index (χ1) is 9.79. The molecule has 1 atom stereocenters. The van der Waals surface area contributed by atoms with Gasteiger partial charge in [-0.25, -0.2) is 0 Å². The summed E-state index contributed by atoms with van der Waals surface area (Å²) in [7, 11) is 1.68. The van der Waals surface area contributed by atoms with Gasteiger partial charge in [0.1, 0.15) is 0 Å². The predicted molar refractivity (Wildman–Crippen MR) is 78.7 cm³/mol. The Bertz CT molecular complexity index is 375. The molecule has 0 radical (unpaired) electrons. The fraction of sp³-hybridized carbons (Fsp3) is 0.800. The van der Waals surface area contributed by atoms with E-state index in [-0.39, 0.29) is 6.04 Å². The third-order valence-corrected chi connectivity index (χ3v) is 3.90. The summed E-state index contributed by atoms with van der Waals surface area (Å²) in [6.07, 6.45) is 8.98. The highest BCUT2D eigenvalue weighted by molar-refractivity contribution is 5.02. The van der Waals surface area contributed by atoms with E-state index in [9.17, 15) is 0 Å². The fourth-order valence-corrected chi connectivity index (χ4v) is 2.71. The van der Waals surface area contributed by atoms with Gasteiger partial charge in [-0.05, 0) is 25.3 Å². The minimum absolute atomic E-state index is 0.115. The normalized spacial score (nSPS) is 17.7. The largest absolute Gasteiger partial charge is 0.382 e. The van der Waals surface area contributed by atoms with Crippen molar-refractivity contribution in [1.29, 1.82) is 0 Å². The van der Waals surface area contributed by atoms with E-state index in [4.69, 9.17) is 15.2 Å². The molecule has 0 aromatic carbocycles. The zero-order valence-electron chi connectivity index (χ0n) is 12.5. The SMILES string of the molecule is COCCOCCC(N)Cc1ccn(C2CCCC2)n1. The van der Waals surface area contributed by atoms with Crippen molar-refractivity contribution in [3.63, 3.8) is 0 Å². The van der Waals surface area contributed by atoms with E-state index in [0.717, 1.165) is 18.5 Å². The smallest absolute Gasteiger partial charge is 0.0700 e. The van der Waals surface area contributed by atoms with Crippen LogP contribution in [0, 0.1) is 0 Å². The van der Waals surface area contributed by atoms with Crippen LogP contribution in [-0.4, -0.2) is 42.8 Å². The Morgan fingerprint density at radius 2 is 2.15 bits per heavy atom. The average molecular weight is 281 g/mol. The molecule has 1 aromatic rings. The number of hydrogen-bond donors (Lipinski definition) is 1. The van der Waals surface area contributed by atoms with Gasteiger partial charge in [-0.15, -0.1) is 0 Å². The quantitative estimate of drug-likeness (QED) is 0.702. The predicted octanol–water partition coefficient (Wildman–Crippen LogP) is 1.92. The monoisotopic (exact) mass is 281 g/mol.